The van der Waals surface area contributed by atoms with Crippen LogP contribution in [0.2, 0.25) is 0 Å². The normalized spacial score (nSPS) is 20.9. The Bertz CT molecular complexity index is 389. The number of hydrogen-bond acceptors (Lipinski definition) is 2. The second-order valence-electron chi connectivity index (χ2n) is 4.53. The van der Waals surface area contributed by atoms with E-state index in [0.717, 1.165) is 25.2 Å². The van der Waals surface area contributed by atoms with Crippen molar-refractivity contribution in [2.45, 2.75) is 32.6 Å². The Morgan fingerprint density at radius 3 is 3.06 bits per heavy atom. The molecule has 0 aliphatic carbocycles. The van der Waals surface area contributed by atoms with Crippen LogP contribution >= 0.6 is 0 Å². The summed E-state index contributed by atoms with van der Waals surface area (Å²) in [5.74, 6) is 0.676. The van der Waals surface area contributed by atoms with E-state index in [9.17, 15) is 4.79 Å². The summed E-state index contributed by atoms with van der Waals surface area (Å²) in [5.41, 5.74) is 2.37. The number of aryl methyl sites for hydroxylation is 1. The number of hydrogen-bond donors (Lipinski definition) is 0. The van der Waals surface area contributed by atoms with Gasteiger partial charge >= 0.3 is 0 Å². The first-order valence-electron chi connectivity index (χ1n) is 5.85. The van der Waals surface area contributed by atoms with Crippen LogP contribution in [0, 0.1) is 6.92 Å². The lowest BCUT2D eigenvalue weighted by Gasteiger charge is -2.32. The molecule has 1 aliphatic rings. The number of aromatic nitrogens is 1. The molecule has 2 rings (SSSR count). The standard InChI is InChI=1S/C13H18N2O/c1-10-8-12(5-6-14-10)13-4-3-7-15(9-13)11(2)16/h5-6,8,13H,3-4,7,9H2,1-2H3/t13-/m1/s1. The second kappa shape index (κ2) is 4.64. The van der Waals surface area contributed by atoms with Crippen LogP contribution in [0.1, 0.15) is 36.9 Å². The van der Waals surface area contributed by atoms with Crippen molar-refractivity contribution in [2.75, 3.05) is 13.1 Å². The molecule has 0 aromatic carbocycles. The van der Waals surface area contributed by atoms with Gasteiger partial charge in [0, 0.05) is 37.8 Å². The number of amides is 1. The van der Waals surface area contributed by atoms with Crippen molar-refractivity contribution >= 4 is 5.91 Å². The van der Waals surface area contributed by atoms with Gasteiger partial charge in [-0.2, -0.15) is 0 Å². The number of nitrogens with zero attached hydrogens (tertiary/aromatic N) is 2. The fourth-order valence-electron chi connectivity index (χ4n) is 2.36. The molecular formula is C13H18N2O. The summed E-state index contributed by atoms with van der Waals surface area (Å²) >= 11 is 0. The largest absolute Gasteiger partial charge is 0.342 e. The third kappa shape index (κ3) is 2.40. The molecule has 0 saturated carbocycles. The van der Waals surface area contributed by atoms with Crippen LogP contribution in [-0.4, -0.2) is 28.9 Å². The van der Waals surface area contributed by atoms with Crippen molar-refractivity contribution in [3.8, 4) is 0 Å². The summed E-state index contributed by atoms with van der Waals surface area (Å²) in [6.45, 7) is 5.43. The van der Waals surface area contributed by atoms with Crippen LogP contribution in [0.5, 0.6) is 0 Å². The highest BCUT2D eigenvalue weighted by Crippen LogP contribution is 2.26. The van der Waals surface area contributed by atoms with Crippen molar-refractivity contribution in [1.82, 2.24) is 9.88 Å². The van der Waals surface area contributed by atoms with E-state index in [1.807, 2.05) is 18.0 Å². The van der Waals surface area contributed by atoms with E-state index >= 15 is 0 Å². The lowest BCUT2D eigenvalue weighted by atomic mass is 9.91. The summed E-state index contributed by atoms with van der Waals surface area (Å²) in [5, 5.41) is 0. The van der Waals surface area contributed by atoms with E-state index in [1.54, 1.807) is 6.92 Å². The Kier molecular flexibility index (Phi) is 3.22. The quantitative estimate of drug-likeness (QED) is 0.723. The maximum absolute atomic E-state index is 11.4. The van der Waals surface area contributed by atoms with Crippen LogP contribution < -0.4 is 0 Å². The van der Waals surface area contributed by atoms with Gasteiger partial charge in [-0.1, -0.05) is 0 Å². The highest BCUT2D eigenvalue weighted by molar-refractivity contribution is 5.73. The summed E-state index contributed by atoms with van der Waals surface area (Å²) in [6.07, 6.45) is 4.14. The van der Waals surface area contributed by atoms with Gasteiger partial charge in [-0.25, -0.2) is 0 Å². The van der Waals surface area contributed by atoms with Crippen molar-refractivity contribution in [2.24, 2.45) is 0 Å². The van der Waals surface area contributed by atoms with Crippen molar-refractivity contribution in [3.05, 3.63) is 29.6 Å². The molecule has 1 aromatic rings. The van der Waals surface area contributed by atoms with E-state index in [-0.39, 0.29) is 5.91 Å². The summed E-state index contributed by atoms with van der Waals surface area (Å²) in [6, 6.07) is 4.20. The molecule has 1 fully saturated rings. The van der Waals surface area contributed by atoms with Gasteiger partial charge in [-0.15, -0.1) is 0 Å². The molecule has 1 atom stereocenters. The lowest BCUT2D eigenvalue weighted by molar-refractivity contribution is -0.130. The predicted molar refractivity (Wildman–Crippen MR) is 63.2 cm³/mol. The first-order chi connectivity index (χ1) is 7.66. The zero-order valence-electron chi connectivity index (χ0n) is 9.94. The molecule has 0 N–H and O–H groups in total. The summed E-state index contributed by atoms with van der Waals surface area (Å²) in [7, 11) is 0. The molecule has 86 valence electrons. The van der Waals surface area contributed by atoms with Crippen LogP contribution in [0.25, 0.3) is 0 Å². The molecule has 0 radical (unpaired) electrons. The maximum Gasteiger partial charge on any atom is 0.219 e. The fourth-order valence-corrected chi connectivity index (χ4v) is 2.36. The molecule has 3 nitrogen and oxygen atoms in total. The van der Waals surface area contributed by atoms with E-state index in [2.05, 4.69) is 17.1 Å². The van der Waals surface area contributed by atoms with Crippen molar-refractivity contribution in [1.29, 1.82) is 0 Å². The van der Waals surface area contributed by atoms with Crippen molar-refractivity contribution < 1.29 is 4.79 Å². The highest BCUT2D eigenvalue weighted by atomic mass is 16.2. The minimum absolute atomic E-state index is 0.190. The Balaban J connectivity index is 2.12. The molecule has 0 bridgehead atoms. The lowest BCUT2D eigenvalue weighted by Crippen LogP contribution is -2.37. The summed E-state index contributed by atoms with van der Waals surface area (Å²) < 4.78 is 0. The Morgan fingerprint density at radius 2 is 2.38 bits per heavy atom. The van der Waals surface area contributed by atoms with Crippen LogP contribution in [-0.2, 0) is 4.79 Å². The molecule has 16 heavy (non-hydrogen) atoms. The molecule has 1 amide bonds. The zero-order chi connectivity index (χ0) is 11.5. The minimum Gasteiger partial charge on any atom is -0.342 e. The molecule has 0 spiro atoms. The molecule has 0 unspecified atom stereocenters. The first kappa shape index (κ1) is 11.1. The predicted octanol–water partition coefficient (Wildman–Crippen LogP) is 2.12. The number of piperidine rings is 1. The Labute approximate surface area is 96.5 Å². The van der Waals surface area contributed by atoms with Gasteiger partial charge in [0.1, 0.15) is 0 Å². The van der Waals surface area contributed by atoms with Gasteiger partial charge in [-0.05, 0) is 37.5 Å². The van der Waals surface area contributed by atoms with Gasteiger partial charge in [0.2, 0.25) is 5.91 Å². The van der Waals surface area contributed by atoms with Gasteiger partial charge in [0.15, 0.2) is 0 Å². The van der Waals surface area contributed by atoms with Gasteiger partial charge in [-0.3, -0.25) is 9.78 Å². The third-order valence-corrected chi connectivity index (χ3v) is 3.26. The number of carbonyl (C=O) groups is 1. The SMILES string of the molecule is CC(=O)N1CCC[C@@H](c2ccnc(C)c2)C1. The van der Waals surface area contributed by atoms with E-state index < -0.39 is 0 Å². The Hall–Kier alpha value is -1.38. The monoisotopic (exact) mass is 218 g/mol. The van der Waals surface area contributed by atoms with E-state index in [1.165, 1.54) is 12.0 Å². The molecule has 1 saturated heterocycles. The molecule has 1 aromatic heterocycles. The number of rotatable bonds is 1. The fraction of sp³-hybridized carbons (Fsp3) is 0.538. The number of pyridine rings is 1. The van der Waals surface area contributed by atoms with Gasteiger partial charge in [0.05, 0.1) is 0 Å². The Morgan fingerprint density at radius 1 is 1.56 bits per heavy atom. The second-order valence-corrected chi connectivity index (χ2v) is 4.53. The maximum atomic E-state index is 11.4. The van der Waals surface area contributed by atoms with Crippen molar-refractivity contribution in [3.63, 3.8) is 0 Å². The average molecular weight is 218 g/mol. The molecule has 3 heteroatoms. The third-order valence-electron chi connectivity index (χ3n) is 3.26. The molecule has 1 aliphatic heterocycles. The average Bonchev–Trinajstić information content (AvgIpc) is 2.29. The van der Waals surface area contributed by atoms with E-state index in [0.29, 0.717) is 5.92 Å². The van der Waals surface area contributed by atoms with Crippen LogP contribution in [0.15, 0.2) is 18.3 Å². The number of carbonyl (C=O) groups excluding carboxylic acids is 1. The first-order valence-corrected chi connectivity index (χ1v) is 5.85. The van der Waals surface area contributed by atoms with Gasteiger partial charge < -0.3 is 4.90 Å². The van der Waals surface area contributed by atoms with E-state index in [4.69, 9.17) is 0 Å². The smallest absolute Gasteiger partial charge is 0.219 e. The number of likely N-dealkylation sites (tertiary alicyclic amines) is 1. The van der Waals surface area contributed by atoms with Crippen LogP contribution in [0.3, 0.4) is 0 Å². The van der Waals surface area contributed by atoms with Gasteiger partial charge in [0.25, 0.3) is 0 Å². The molecule has 2 heterocycles. The zero-order valence-corrected chi connectivity index (χ0v) is 9.94. The summed E-state index contributed by atoms with van der Waals surface area (Å²) in [4.78, 5) is 17.5. The highest BCUT2D eigenvalue weighted by Gasteiger charge is 2.22. The molecular weight excluding hydrogens is 200 g/mol. The topological polar surface area (TPSA) is 33.2 Å². The van der Waals surface area contributed by atoms with Crippen LogP contribution in [0.4, 0.5) is 0 Å². The minimum atomic E-state index is 0.190.